The van der Waals surface area contributed by atoms with Crippen LogP contribution in [0.1, 0.15) is 49.5 Å². The van der Waals surface area contributed by atoms with Gasteiger partial charge in [-0.2, -0.15) is 0 Å². The normalized spacial score (nSPS) is 20.2. The number of para-hydroxylation sites is 1. The highest BCUT2D eigenvalue weighted by molar-refractivity contribution is 6.11. The zero-order chi connectivity index (χ0) is 21.1. The number of nitrogens with one attached hydrogen (secondary N) is 2. The standard InChI is InChI=1S/C23H32N4O3/c1-16(26-12-14-27(15-13-26)17-8-4-3-5-9-17)22(28)25-20-18-10-6-7-11-19(18)24-21(20)23(29)30-2/h6-7,10-11,16-17,24H,3-5,8-9,12-15H2,1-2H3,(H,25,28). The fourth-order valence-corrected chi connectivity index (χ4v) is 4.86. The molecule has 162 valence electrons. The molecule has 7 nitrogen and oxygen atoms in total. The highest BCUT2D eigenvalue weighted by Crippen LogP contribution is 2.29. The summed E-state index contributed by atoms with van der Waals surface area (Å²) in [5, 5.41) is 3.80. The van der Waals surface area contributed by atoms with Crippen molar-refractivity contribution in [1.29, 1.82) is 0 Å². The number of amides is 1. The van der Waals surface area contributed by atoms with Gasteiger partial charge in [-0.15, -0.1) is 0 Å². The van der Waals surface area contributed by atoms with Gasteiger partial charge in [0.15, 0.2) is 0 Å². The molecule has 1 amide bonds. The van der Waals surface area contributed by atoms with E-state index in [1.54, 1.807) is 0 Å². The van der Waals surface area contributed by atoms with Crippen LogP contribution in [0.15, 0.2) is 24.3 Å². The monoisotopic (exact) mass is 412 g/mol. The highest BCUT2D eigenvalue weighted by atomic mass is 16.5. The van der Waals surface area contributed by atoms with Gasteiger partial charge in [-0.25, -0.2) is 4.79 Å². The average molecular weight is 413 g/mol. The quantitative estimate of drug-likeness (QED) is 0.738. The van der Waals surface area contributed by atoms with Crippen molar-refractivity contribution < 1.29 is 14.3 Å². The maximum atomic E-state index is 13.1. The van der Waals surface area contributed by atoms with E-state index in [4.69, 9.17) is 4.74 Å². The van der Waals surface area contributed by atoms with Gasteiger partial charge in [-0.05, 0) is 25.8 Å². The third kappa shape index (κ3) is 4.23. The van der Waals surface area contributed by atoms with E-state index in [0.29, 0.717) is 5.69 Å². The van der Waals surface area contributed by atoms with Gasteiger partial charge in [-0.3, -0.25) is 14.6 Å². The fourth-order valence-electron chi connectivity index (χ4n) is 4.86. The second-order valence-corrected chi connectivity index (χ2v) is 8.44. The molecule has 2 aromatic rings. The lowest BCUT2D eigenvalue weighted by atomic mass is 9.94. The first-order valence-electron chi connectivity index (χ1n) is 11.1. The molecule has 2 heterocycles. The first-order chi connectivity index (χ1) is 14.6. The third-order valence-corrected chi connectivity index (χ3v) is 6.71. The maximum absolute atomic E-state index is 13.1. The van der Waals surface area contributed by atoms with Crippen LogP contribution in [-0.2, 0) is 9.53 Å². The number of carbonyl (C=O) groups is 2. The number of piperazine rings is 1. The first kappa shape index (κ1) is 20.9. The van der Waals surface area contributed by atoms with Crippen molar-refractivity contribution in [3.63, 3.8) is 0 Å². The van der Waals surface area contributed by atoms with Crippen molar-refractivity contribution in [3.8, 4) is 0 Å². The van der Waals surface area contributed by atoms with Gasteiger partial charge in [0, 0.05) is 43.1 Å². The molecule has 1 aliphatic carbocycles. The summed E-state index contributed by atoms with van der Waals surface area (Å²) in [5.41, 5.74) is 1.57. The number of H-pyrrole nitrogens is 1. The van der Waals surface area contributed by atoms with E-state index in [1.807, 2.05) is 31.2 Å². The Morgan fingerprint density at radius 2 is 1.80 bits per heavy atom. The second-order valence-electron chi connectivity index (χ2n) is 8.44. The van der Waals surface area contributed by atoms with Gasteiger partial charge < -0.3 is 15.0 Å². The summed E-state index contributed by atoms with van der Waals surface area (Å²) in [6, 6.07) is 8.00. The lowest BCUT2D eigenvalue weighted by Gasteiger charge is -2.42. The molecule has 0 radical (unpaired) electrons. The van der Waals surface area contributed by atoms with Crippen LogP contribution in [0, 0.1) is 0 Å². The molecular weight excluding hydrogens is 380 g/mol. The Morgan fingerprint density at radius 1 is 1.10 bits per heavy atom. The minimum Gasteiger partial charge on any atom is -0.464 e. The van der Waals surface area contributed by atoms with Crippen LogP contribution in [0.5, 0.6) is 0 Å². The molecule has 0 bridgehead atoms. The van der Waals surface area contributed by atoms with Crippen molar-refractivity contribution in [3.05, 3.63) is 30.0 Å². The molecule has 1 aliphatic heterocycles. The summed E-state index contributed by atoms with van der Waals surface area (Å²) in [7, 11) is 1.34. The number of aromatic amines is 1. The number of esters is 1. The fraction of sp³-hybridized carbons (Fsp3) is 0.565. The predicted molar refractivity (Wildman–Crippen MR) is 118 cm³/mol. The number of aromatic nitrogens is 1. The van der Waals surface area contributed by atoms with Crippen molar-refractivity contribution >= 4 is 28.5 Å². The number of carbonyl (C=O) groups excluding carboxylic acids is 2. The summed E-state index contributed by atoms with van der Waals surface area (Å²) in [6.07, 6.45) is 6.68. The molecule has 7 heteroatoms. The zero-order valence-electron chi connectivity index (χ0n) is 17.9. The Kier molecular flexibility index (Phi) is 6.39. The number of ether oxygens (including phenoxy) is 1. The van der Waals surface area contributed by atoms with Crippen LogP contribution in [0.4, 0.5) is 5.69 Å². The molecule has 1 aromatic heterocycles. The Morgan fingerprint density at radius 3 is 2.50 bits per heavy atom. The number of rotatable bonds is 5. The van der Waals surface area contributed by atoms with E-state index in [2.05, 4.69) is 20.1 Å². The van der Waals surface area contributed by atoms with Crippen molar-refractivity contribution in [2.24, 2.45) is 0 Å². The molecule has 0 spiro atoms. The third-order valence-electron chi connectivity index (χ3n) is 6.71. The SMILES string of the molecule is COC(=O)c1[nH]c2ccccc2c1NC(=O)C(C)N1CCN(C2CCCCC2)CC1. The van der Waals surface area contributed by atoms with Gasteiger partial charge in [0.05, 0.1) is 18.8 Å². The number of hydrogen-bond donors (Lipinski definition) is 2. The zero-order valence-corrected chi connectivity index (χ0v) is 17.9. The van der Waals surface area contributed by atoms with E-state index in [-0.39, 0.29) is 17.6 Å². The van der Waals surface area contributed by atoms with E-state index in [0.717, 1.165) is 43.1 Å². The van der Waals surface area contributed by atoms with Crippen molar-refractivity contribution in [1.82, 2.24) is 14.8 Å². The van der Waals surface area contributed by atoms with Crippen molar-refractivity contribution in [2.75, 3.05) is 38.6 Å². The molecule has 2 aliphatic rings. The lowest BCUT2D eigenvalue weighted by Crippen LogP contribution is -2.55. The minimum atomic E-state index is -0.491. The van der Waals surface area contributed by atoms with Crippen LogP contribution >= 0.6 is 0 Å². The number of methoxy groups -OCH3 is 1. The van der Waals surface area contributed by atoms with Gasteiger partial charge in [0.25, 0.3) is 0 Å². The largest absolute Gasteiger partial charge is 0.464 e. The maximum Gasteiger partial charge on any atom is 0.356 e. The van der Waals surface area contributed by atoms with E-state index in [9.17, 15) is 9.59 Å². The molecular formula is C23H32N4O3. The number of nitrogens with zero attached hydrogens (tertiary/aromatic N) is 2. The molecule has 1 saturated heterocycles. The second kappa shape index (κ2) is 9.18. The van der Waals surface area contributed by atoms with Gasteiger partial charge in [0.2, 0.25) is 5.91 Å². The minimum absolute atomic E-state index is 0.101. The van der Waals surface area contributed by atoms with Crippen LogP contribution in [0.25, 0.3) is 10.9 Å². The van der Waals surface area contributed by atoms with Crippen LogP contribution in [-0.4, -0.2) is 72.0 Å². The number of benzene rings is 1. The Hall–Kier alpha value is -2.38. The van der Waals surface area contributed by atoms with Gasteiger partial charge in [0.1, 0.15) is 5.69 Å². The summed E-state index contributed by atoms with van der Waals surface area (Å²) >= 11 is 0. The van der Waals surface area contributed by atoms with Gasteiger partial charge in [-0.1, -0.05) is 37.5 Å². The predicted octanol–water partition coefficient (Wildman–Crippen LogP) is 3.23. The molecule has 4 rings (SSSR count). The molecule has 2 fully saturated rings. The molecule has 2 N–H and O–H groups in total. The topological polar surface area (TPSA) is 77.7 Å². The average Bonchev–Trinajstić information content (AvgIpc) is 3.17. The van der Waals surface area contributed by atoms with E-state index < -0.39 is 5.97 Å². The summed E-state index contributed by atoms with van der Waals surface area (Å²) in [4.78, 5) is 33.2. The Balaban J connectivity index is 1.42. The summed E-state index contributed by atoms with van der Waals surface area (Å²) < 4.78 is 4.90. The summed E-state index contributed by atoms with van der Waals surface area (Å²) in [6.45, 7) is 5.76. The highest BCUT2D eigenvalue weighted by Gasteiger charge is 2.30. The summed E-state index contributed by atoms with van der Waals surface area (Å²) in [5.74, 6) is -0.591. The van der Waals surface area contributed by atoms with Crippen LogP contribution < -0.4 is 5.32 Å². The molecule has 1 unspecified atom stereocenters. The first-order valence-corrected chi connectivity index (χ1v) is 11.1. The smallest absolute Gasteiger partial charge is 0.356 e. The van der Waals surface area contributed by atoms with E-state index >= 15 is 0 Å². The molecule has 1 atom stereocenters. The molecule has 1 aromatic carbocycles. The van der Waals surface area contributed by atoms with Crippen molar-refractivity contribution in [2.45, 2.75) is 51.1 Å². The Labute approximate surface area is 177 Å². The van der Waals surface area contributed by atoms with Crippen LogP contribution in [0.3, 0.4) is 0 Å². The van der Waals surface area contributed by atoms with E-state index in [1.165, 1.54) is 39.2 Å². The molecule has 30 heavy (non-hydrogen) atoms. The van der Waals surface area contributed by atoms with Crippen LogP contribution in [0.2, 0.25) is 0 Å². The number of anilines is 1. The molecule has 1 saturated carbocycles. The number of hydrogen-bond acceptors (Lipinski definition) is 5. The number of fused-ring (bicyclic) bond motifs is 1. The Bertz CT molecular complexity index is 895. The van der Waals surface area contributed by atoms with Gasteiger partial charge >= 0.3 is 5.97 Å². The lowest BCUT2D eigenvalue weighted by molar-refractivity contribution is -0.121.